The lowest BCUT2D eigenvalue weighted by atomic mass is 10.0. The number of carboxylic acids is 1. The van der Waals surface area contributed by atoms with E-state index in [0.29, 0.717) is 36.7 Å². The number of methoxy groups -OCH3 is 1. The first-order valence-corrected chi connectivity index (χ1v) is 9.47. The van der Waals surface area contributed by atoms with Crippen LogP contribution in [-0.2, 0) is 25.5 Å². The van der Waals surface area contributed by atoms with Gasteiger partial charge >= 0.3 is 5.97 Å². The second-order valence-electron chi connectivity index (χ2n) is 6.67. The van der Waals surface area contributed by atoms with Gasteiger partial charge in [-0.1, -0.05) is 24.3 Å². The van der Waals surface area contributed by atoms with E-state index in [4.69, 9.17) is 14.3 Å². The molecular weight excluding hydrogens is 372 g/mol. The van der Waals surface area contributed by atoms with Crippen molar-refractivity contribution in [3.05, 3.63) is 71.7 Å². The number of benzene rings is 1. The van der Waals surface area contributed by atoms with Gasteiger partial charge in [0.1, 0.15) is 12.2 Å². The molecule has 1 aliphatic carbocycles. The molecule has 0 atom stereocenters. The van der Waals surface area contributed by atoms with E-state index in [9.17, 15) is 9.90 Å². The van der Waals surface area contributed by atoms with Crippen LogP contribution in [0.1, 0.15) is 29.7 Å². The van der Waals surface area contributed by atoms with Crippen LogP contribution in [0.3, 0.4) is 0 Å². The maximum Gasteiger partial charge on any atom is 0.339 e. The van der Waals surface area contributed by atoms with Gasteiger partial charge in [-0.3, -0.25) is 4.98 Å². The summed E-state index contributed by atoms with van der Waals surface area (Å²) in [4.78, 5) is 21.4. The zero-order valence-electron chi connectivity index (χ0n) is 16.3. The van der Waals surface area contributed by atoms with E-state index in [1.807, 2.05) is 18.2 Å². The first kappa shape index (κ1) is 20.4. The lowest BCUT2D eigenvalue weighted by Gasteiger charge is -2.13. The van der Waals surface area contributed by atoms with Crippen LogP contribution in [0.4, 0.5) is 0 Å². The maximum absolute atomic E-state index is 11.7. The molecule has 1 fully saturated rings. The molecule has 1 aliphatic rings. The fraction of sp³-hybridized carbons (Fsp3) is 0.318. The van der Waals surface area contributed by atoms with Crippen LogP contribution in [0, 0.1) is 5.92 Å². The number of hydrogen-bond acceptors (Lipinski definition) is 6. The van der Waals surface area contributed by atoms with Crippen LogP contribution < -0.4 is 0 Å². The third kappa shape index (κ3) is 6.07. The van der Waals surface area contributed by atoms with Crippen molar-refractivity contribution in [3.8, 4) is 0 Å². The van der Waals surface area contributed by atoms with Crippen molar-refractivity contribution < 1.29 is 24.2 Å². The van der Waals surface area contributed by atoms with Gasteiger partial charge in [0.15, 0.2) is 0 Å². The topological polar surface area (TPSA) is 90.2 Å². The monoisotopic (exact) mass is 396 g/mol. The van der Waals surface area contributed by atoms with E-state index < -0.39 is 5.97 Å². The Balaban J connectivity index is 1.80. The summed E-state index contributed by atoms with van der Waals surface area (Å²) in [5, 5.41) is 13.7. The molecule has 0 spiro atoms. The molecule has 0 aliphatic heterocycles. The first-order chi connectivity index (χ1) is 14.2. The molecule has 0 amide bonds. The van der Waals surface area contributed by atoms with E-state index >= 15 is 0 Å². The SMILES string of the molecule is COC=C(C(=O)O)c1ccccc1C(=NOCCc1ccccn1)OCC1CC1. The van der Waals surface area contributed by atoms with Crippen LogP contribution in [-0.4, -0.2) is 42.3 Å². The molecule has 7 heteroatoms. The molecule has 1 heterocycles. The Morgan fingerprint density at radius 1 is 1.21 bits per heavy atom. The van der Waals surface area contributed by atoms with Gasteiger partial charge in [0.25, 0.3) is 5.90 Å². The summed E-state index contributed by atoms with van der Waals surface area (Å²) in [7, 11) is 1.41. The fourth-order valence-corrected chi connectivity index (χ4v) is 2.69. The first-order valence-electron chi connectivity index (χ1n) is 9.47. The standard InChI is InChI=1S/C22H24N2O5/c1-27-15-20(22(25)26)18-7-2-3-8-19(18)21(28-14-16-9-10-16)24-29-13-11-17-6-4-5-12-23-17/h2-8,12,15-16H,9-11,13-14H2,1H3,(H,25,26). The molecule has 2 aromatic rings. The van der Waals surface area contributed by atoms with Gasteiger partial charge in [0, 0.05) is 29.4 Å². The molecule has 29 heavy (non-hydrogen) atoms. The van der Waals surface area contributed by atoms with Crippen LogP contribution in [0.2, 0.25) is 0 Å². The van der Waals surface area contributed by atoms with Gasteiger partial charge in [0.05, 0.1) is 20.0 Å². The molecule has 0 radical (unpaired) electrons. The summed E-state index contributed by atoms with van der Waals surface area (Å²) in [5.74, 6) is -0.331. The molecule has 1 aromatic carbocycles. The highest BCUT2D eigenvalue weighted by Crippen LogP contribution is 2.30. The van der Waals surface area contributed by atoms with E-state index in [1.165, 1.54) is 13.4 Å². The van der Waals surface area contributed by atoms with Crippen molar-refractivity contribution in [2.45, 2.75) is 19.3 Å². The average molecular weight is 396 g/mol. The Bertz CT molecular complexity index is 876. The normalized spacial score (nSPS) is 14.4. The summed E-state index contributed by atoms with van der Waals surface area (Å²) in [6.07, 6.45) is 5.78. The molecule has 0 saturated heterocycles. The van der Waals surface area contributed by atoms with E-state index in [-0.39, 0.29) is 11.5 Å². The number of carbonyl (C=O) groups is 1. The minimum Gasteiger partial charge on any atom is -0.503 e. The van der Waals surface area contributed by atoms with Crippen molar-refractivity contribution in [2.24, 2.45) is 11.1 Å². The minimum absolute atomic E-state index is 0.0132. The van der Waals surface area contributed by atoms with E-state index in [0.717, 1.165) is 18.5 Å². The zero-order chi connectivity index (χ0) is 20.5. The molecule has 1 saturated carbocycles. The van der Waals surface area contributed by atoms with Gasteiger partial charge in [-0.15, -0.1) is 0 Å². The van der Waals surface area contributed by atoms with E-state index in [2.05, 4.69) is 10.1 Å². The number of aromatic nitrogens is 1. The number of hydrogen-bond donors (Lipinski definition) is 1. The van der Waals surface area contributed by atoms with Gasteiger partial charge in [-0.25, -0.2) is 4.79 Å². The van der Waals surface area contributed by atoms with Crippen molar-refractivity contribution in [2.75, 3.05) is 20.3 Å². The predicted molar refractivity (Wildman–Crippen MR) is 108 cm³/mol. The molecular formula is C22H24N2O5. The van der Waals surface area contributed by atoms with Gasteiger partial charge in [-0.05, 0) is 42.1 Å². The van der Waals surface area contributed by atoms with Gasteiger partial charge < -0.3 is 19.4 Å². The number of ether oxygens (including phenoxy) is 2. The average Bonchev–Trinajstić information content (AvgIpc) is 3.57. The Morgan fingerprint density at radius 2 is 1.97 bits per heavy atom. The summed E-state index contributed by atoms with van der Waals surface area (Å²) in [6.45, 7) is 0.850. The molecule has 0 bridgehead atoms. The summed E-state index contributed by atoms with van der Waals surface area (Å²) >= 11 is 0. The highest BCUT2D eigenvalue weighted by molar-refractivity contribution is 6.18. The predicted octanol–water partition coefficient (Wildman–Crippen LogP) is 3.50. The number of oxime groups is 1. The number of nitrogens with zero attached hydrogens (tertiary/aromatic N) is 2. The third-order valence-electron chi connectivity index (χ3n) is 4.39. The van der Waals surface area contributed by atoms with Crippen LogP contribution in [0.15, 0.2) is 60.1 Å². The molecule has 1 N–H and O–H groups in total. The lowest BCUT2D eigenvalue weighted by molar-refractivity contribution is -0.130. The quantitative estimate of drug-likeness (QED) is 0.165. The largest absolute Gasteiger partial charge is 0.503 e. The summed E-state index contributed by atoms with van der Waals surface area (Å²) in [5.41, 5.74) is 1.90. The number of rotatable bonds is 10. The van der Waals surface area contributed by atoms with Gasteiger partial charge in [0.2, 0.25) is 0 Å². The van der Waals surface area contributed by atoms with Crippen LogP contribution in [0.5, 0.6) is 0 Å². The highest BCUT2D eigenvalue weighted by Gasteiger charge is 2.25. The maximum atomic E-state index is 11.7. The lowest BCUT2D eigenvalue weighted by Crippen LogP contribution is -2.14. The molecule has 7 nitrogen and oxygen atoms in total. The number of aliphatic carboxylic acids is 1. The fourth-order valence-electron chi connectivity index (χ4n) is 2.69. The van der Waals surface area contributed by atoms with E-state index in [1.54, 1.807) is 30.5 Å². The van der Waals surface area contributed by atoms with Crippen molar-refractivity contribution in [1.29, 1.82) is 0 Å². The molecule has 0 unspecified atom stereocenters. The molecule has 152 valence electrons. The smallest absolute Gasteiger partial charge is 0.339 e. The van der Waals surface area contributed by atoms with Crippen molar-refractivity contribution in [3.63, 3.8) is 0 Å². The Hall–Kier alpha value is -3.35. The van der Waals surface area contributed by atoms with Crippen LogP contribution >= 0.6 is 0 Å². The summed E-state index contributed by atoms with van der Waals surface area (Å²) < 4.78 is 10.8. The van der Waals surface area contributed by atoms with Crippen molar-refractivity contribution >= 4 is 17.4 Å². The molecule has 3 rings (SSSR count). The van der Waals surface area contributed by atoms with Crippen LogP contribution in [0.25, 0.3) is 5.57 Å². The molecule has 1 aromatic heterocycles. The second kappa shape index (κ2) is 10.3. The minimum atomic E-state index is -1.10. The third-order valence-corrected chi connectivity index (χ3v) is 4.39. The van der Waals surface area contributed by atoms with Crippen molar-refractivity contribution in [1.82, 2.24) is 4.98 Å². The highest BCUT2D eigenvalue weighted by atomic mass is 16.6. The summed E-state index contributed by atoms with van der Waals surface area (Å²) in [6, 6.07) is 12.7. The Kier molecular flexibility index (Phi) is 7.22. The number of pyridine rings is 1. The Morgan fingerprint density at radius 3 is 2.62 bits per heavy atom. The second-order valence-corrected chi connectivity index (χ2v) is 6.67. The zero-order valence-corrected chi connectivity index (χ0v) is 16.3. The number of carboxylic acid groups (broad SMARTS) is 1. The Labute approximate surface area is 169 Å². The van der Waals surface area contributed by atoms with Gasteiger partial charge in [-0.2, -0.15) is 0 Å².